The summed E-state index contributed by atoms with van der Waals surface area (Å²) in [6.07, 6.45) is 5.66. The van der Waals surface area contributed by atoms with Gasteiger partial charge in [0.05, 0.1) is 37.3 Å². The molecule has 0 spiro atoms. The summed E-state index contributed by atoms with van der Waals surface area (Å²) in [4.78, 5) is 21.2. The molecule has 0 unspecified atom stereocenters. The van der Waals surface area contributed by atoms with E-state index in [1.165, 1.54) is 30.1 Å². The summed E-state index contributed by atoms with van der Waals surface area (Å²) in [5.74, 6) is -0.679. The molecular weight excluding hydrogens is 344 g/mol. The zero-order valence-corrected chi connectivity index (χ0v) is 13.9. The number of fused-ring (bicyclic) bond motifs is 1. The van der Waals surface area contributed by atoms with Gasteiger partial charge >= 0.3 is 0 Å². The van der Waals surface area contributed by atoms with Crippen molar-refractivity contribution in [3.8, 4) is 5.88 Å². The van der Waals surface area contributed by atoms with E-state index in [9.17, 15) is 13.6 Å². The maximum atomic E-state index is 14.7. The van der Waals surface area contributed by atoms with Gasteiger partial charge in [-0.15, -0.1) is 0 Å². The monoisotopic (exact) mass is 359 g/mol. The summed E-state index contributed by atoms with van der Waals surface area (Å²) < 4.78 is 34.9. The molecule has 4 heterocycles. The Labute approximate surface area is 147 Å². The third-order valence-corrected chi connectivity index (χ3v) is 4.51. The predicted molar refractivity (Wildman–Crippen MR) is 88.4 cm³/mol. The second kappa shape index (κ2) is 6.32. The standard InChI is InChI=1S/C17H15F2N5O2/c1-26-17-12(5-11(18)7-20-17)14-3-2-4-23(14)16-13(19)8-24-15(22-16)10(9-25)6-21-24/h5-9,14H,2-4H2,1H3/t14-/m1/s1. The minimum atomic E-state index is -0.576. The second-order valence-corrected chi connectivity index (χ2v) is 6.00. The summed E-state index contributed by atoms with van der Waals surface area (Å²) in [5.41, 5.74) is 1.08. The average molecular weight is 359 g/mol. The summed E-state index contributed by atoms with van der Waals surface area (Å²) in [6, 6.07) is 1.01. The van der Waals surface area contributed by atoms with Crippen LogP contribution in [0, 0.1) is 11.6 Å². The Morgan fingerprint density at radius 1 is 1.35 bits per heavy atom. The number of methoxy groups -OCH3 is 1. The van der Waals surface area contributed by atoms with Crippen molar-refractivity contribution in [3.05, 3.63) is 47.4 Å². The molecule has 7 nitrogen and oxygen atoms in total. The lowest BCUT2D eigenvalue weighted by Gasteiger charge is -2.27. The molecule has 3 aromatic rings. The van der Waals surface area contributed by atoms with Crippen LogP contribution in [0.1, 0.15) is 34.8 Å². The van der Waals surface area contributed by atoms with Gasteiger partial charge < -0.3 is 9.64 Å². The highest BCUT2D eigenvalue weighted by atomic mass is 19.1. The fraction of sp³-hybridized carbons (Fsp3) is 0.294. The Hall–Kier alpha value is -3.10. The fourth-order valence-corrected chi connectivity index (χ4v) is 3.38. The molecule has 0 aromatic carbocycles. The number of anilines is 1. The van der Waals surface area contributed by atoms with Crippen LogP contribution >= 0.6 is 0 Å². The number of hydrogen-bond donors (Lipinski definition) is 0. The van der Waals surface area contributed by atoms with Crippen LogP contribution in [0.4, 0.5) is 14.6 Å². The SMILES string of the molecule is COc1ncc(F)cc1[C@H]1CCCN1c1nc2c(C=O)cnn2cc1F. The first kappa shape index (κ1) is 16.4. The normalized spacial score (nSPS) is 17.0. The molecule has 26 heavy (non-hydrogen) atoms. The Kier molecular flexibility index (Phi) is 3.98. The van der Waals surface area contributed by atoms with Crippen molar-refractivity contribution in [1.82, 2.24) is 19.6 Å². The van der Waals surface area contributed by atoms with E-state index in [-0.39, 0.29) is 23.1 Å². The Bertz CT molecular complexity index is 991. The van der Waals surface area contributed by atoms with Crippen molar-refractivity contribution in [2.45, 2.75) is 18.9 Å². The first-order valence-electron chi connectivity index (χ1n) is 8.07. The lowest BCUT2D eigenvalue weighted by atomic mass is 10.1. The van der Waals surface area contributed by atoms with E-state index in [2.05, 4.69) is 15.1 Å². The van der Waals surface area contributed by atoms with Gasteiger partial charge in [-0.3, -0.25) is 4.79 Å². The highest BCUT2D eigenvalue weighted by Gasteiger charge is 2.32. The first-order valence-corrected chi connectivity index (χ1v) is 8.07. The number of halogens is 2. The molecule has 0 saturated carbocycles. The van der Waals surface area contributed by atoms with Crippen molar-refractivity contribution in [2.24, 2.45) is 0 Å². The van der Waals surface area contributed by atoms with Crippen molar-refractivity contribution in [1.29, 1.82) is 0 Å². The van der Waals surface area contributed by atoms with Crippen molar-refractivity contribution in [3.63, 3.8) is 0 Å². The van der Waals surface area contributed by atoms with E-state index >= 15 is 0 Å². The Morgan fingerprint density at radius 3 is 2.96 bits per heavy atom. The van der Waals surface area contributed by atoms with Gasteiger partial charge in [-0.05, 0) is 18.9 Å². The molecule has 4 rings (SSSR count). The number of hydrogen-bond acceptors (Lipinski definition) is 6. The molecule has 0 amide bonds. The maximum Gasteiger partial charge on any atom is 0.218 e. The summed E-state index contributed by atoms with van der Waals surface area (Å²) >= 11 is 0. The minimum Gasteiger partial charge on any atom is -0.481 e. The third kappa shape index (κ3) is 2.56. The molecule has 0 aliphatic carbocycles. The van der Waals surface area contributed by atoms with Gasteiger partial charge in [0.2, 0.25) is 5.88 Å². The zero-order valence-electron chi connectivity index (χ0n) is 13.9. The van der Waals surface area contributed by atoms with Gasteiger partial charge in [-0.1, -0.05) is 0 Å². The topological polar surface area (TPSA) is 72.6 Å². The molecule has 1 fully saturated rings. The smallest absolute Gasteiger partial charge is 0.218 e. The number of aldehydes is 1. The van der Waals surface area contributed by atoms with Crippen molar-refractivity contribution < 1.29 is 18.3 Å². The largest absolute Gasteiger partial charge is 0.481 e. The quantitative estimate of drug-likeness (QED) is 0.667. The fourth-order valence-electron chi connectivity index (χ4n) is 3.38. The lowest BCUT2D eigenvalue weighted by molar-refractivity contribution is 0.112. The number of ether oxygens (including phenoxy) is 1. The molecule has 0 radical (unpaired) electrons. The van der Waals surface area contributed by atoms with E-state index in [4.69, 9.17) is 4.74 Å². The number of rotatable bonds is 4. The first-order chi connectivity index (χ1) is 12.6. The van der Waals surface area contributed by atoms with Crippen LogP contribution in [0.5, 0.6) is 5.88 Å². The number of nitrogens with zero attached hydrogens (tertiary/aromatic N) is 5. The Morgan fingerprint density at radius 2 is 2.19 bits per heavy atom. The number of aromatic nitrogens is 4. The molecule has 1 saturated heterocycles. The summed E-state index contributed by atoms with van der Waals surface area (Å²) in [5, 5.41) is 3.92. The molecule has 0 bridgehead atoms. The maximum absolute atomic E-state index is 14.7. The van der Waals surface area contributed by atoms with E-state index in [1.54, 1.807) is 4.90 Å². The second-order valence-electron chi connectivity index (χ2n) is 6.00. The van der Waals surface area contributed by atoms with Gasteiger partial charge in [0.15, 0.2) is 23.6 Å². The van der Waals surface area contributed by atoms with Crippen LogP contribution < -0.4 is 9.64 Å². The van der Waals surface area contributed by atoms with E-state index in [1.807, 2.05) is 0 Å². The van der Waals surface area contributed by atoms with Crippen LogP contribution in [0.25, 0.3) is 5.65 Å². The van der Waals surface area contributed by atoms with Gasteiger partial charge in [-0.2, -0.15) is 5.10 Å². The molecule has 1 aliphatic rings. The van der Waals surface area contributed by atoms with Crippen LogP contribution in [-0.4, -0.2) is 39.5 Å². The average Bonchev–Trinajstić information content (AvgIpc) is 3.27. The Balaban J connectivity index is 1.82. The summed E-state index contributed by atoms with van der Waals surface area (Å²) in [7, 11) is 1.45. The van der Waals surface area contributed by atoms with Crippen LogP contribution in [0.3, 0.4) is 0 Å². The van der Waals surface area contributed by atoms with E-state index in [0.717, 1.165) is 12.6 Å². The van der Waals surface area contributed by atoms with E-state index < -0.39 is 11.6 Å². The molecule has 1 aliphatic heterocycles. The molecule has 134 valence electrons. The molecule has 1 atom stereocenters. The molecular formula is C17H15F2N5O2. The number of carbonyl (C=O) groups excluding carboxylic acids is 1. The van der Waals surface area contributed by atoms with Crippen LogP contribution in [0.15, 0.2) is 24.7 Å². The van der Waals surface area contributed by atoms with Crippen LogP contribution in [0.2, 0.25) is 0 Å². The lowest BCUT2D eigenvalue weighted by Crippen LogP contribution is -2.26. The predicted octanol–water partition coefficient (Wildman–Crippen LogP) is 2.57. The number of carbonyl (C=O) groups is 1. The zero-order chi connectivity index (χ0) is 18.3. The highest BCUT2D eigenvalue weighted by molar-refractivity contribution is 5.84. The van der Waals surface area contributed by atoms with Crippen LogP contribution in [-0.2, 0) is 0 Å². The van der Waals surface area contributed by atoms with Gasteiger partial charge in [0, 0.05) is 12.1 Å². The van der Waals surface area contributed by atoms with Gasteiger partial charge in [0.1, 0.15) is 5.82 Å². The molecule has 9 heteroatoms. The van der Waals surface area contributed by atoms with E-state index in [0.29, 0.717) is 30.7 Å². The molecule has 0 N–H and O–H groups in total. The minimum absolute atomic E-state index is 0.0925. The van der Waals surface area contributed by atoms with Crippen molar-refractivity contribution >= 4 is 17.8 Å². The highest BCUT2D eigenvalue weighted by Crippen LogP contribution is 2.39. The van der Waals surface area contributed by atoms with Crippen molar-refractivity contribution in [2.75, 3.05) is 18.6 Å². The van der Waals surface area contributed by atoms with Gasteiger partial charge in [-0.25, -0.2) is 23.3 Å². The third-order valence-electron chi connectivity index (χ3n) is 4.51. The van der Waals surface area contributed by atoms with Gasteiger partial charge in [0.25, 0.3) is 0 Å². The molecule has 3 aromatic heterocycles. The summed E-state index contributed by atoms with van der Waals surface area (Å²) in [6.45, 7) is 0.537. The number of pyridine rings is 1.